The fourth-order valence-corrected chi connectivity index (χ4v) is 2.30. The van der Waals surface area contributed by atoms with Crippen LogP contribution >= 0.6 is 24.0 Å². The van der Waals surface area contributed by atoms with Crippen LogP contribution in [0.15, 0.2) is 53.5 Å². The lowest BCUT2D eigenvalue weighted by Gasteiger charge is -2.18. The Morgan fingerprint density at radius 3 is 2.46 bits per heavy atom. The van der Waals surface area contributed by atoms with E-state index in [2.05, 4.69) is 15.6 Å². The minimum absolute atomic E-state index is 0. The second kappa shape index (κ2) is 11.6. The molecule has 0 aliphatic heterocycles. The molecule has 0 amide bonds. The molecule has 1 atom stereocenters. The van der Waals surface area contributed by atoms with Gasteiger partial charge in [0.25, 0.3) is 0 Å². The van der Waals surface area contributed by atoms with E-state index >= 15 is 0 Å². The Morgan fingerprint density at radius 2 is 1.81 bits per heavy atom. The molecule has 142 valence electrons. The molecule has 0 heterocycles. The van der Waals surface area contributed by atoms with Crippen LogP contribution in [0.2, 0.25) is 0 Å². The second-order valence-electron chi connectivity index (χ2n) is 5.94. The molecular weight excluding hydrogens is 441 g/mol. The van der Waals surface area contributed by atoms with Gasteiger partial charge in [0.1, 0.15) is 17.6 Å². The number of halogens is 1. The first-order valence-electron chi connectivity index (χ1n) is 8.61. The highest BCUT2D eigenvalue weighted by molar-refractivity contribution is 14.0. The van der Waals surface area contributed by atoms with Gasteiger partial charge in [0.2, 0.25) is 0 Å². The van der Waals surface area contributed by atoms with Gasteiger partial charge in [-0.25, -0.2) is 4.99 Å². The van der Waals surface area contributed by atoms with E-state index in [1.807, 2.05) is 57.2 Å². The molecule has 2 aromatic rings. The predicted octanol–water partition coefficient (Wildman–Crippen LogP) is 3.84. The van der Waals surface area contributed by atoms with Crippen molar-refractivity contribution >= 4 is 29.9 Å². The van der Waals surface area contributed by atoms with E-state index in [0.717, 1.165) is 29.4 Å². The number of aryl methyl sites for hydroxylation is 1. The number of phenols is 1. The quantitative estimate of drug-likeness (QED) is 0.328. The Balaban J connectivity index is 0.00000338. The number of benzene rings is 2. The second-order valence-corrected chi connectivity index (χ2v) is 5.94. The number of hydrogen-bond acceptors (Lipinski definition) is 3. The fraction of sp³-hybridized carbons (Fsp3) is 0.350. The Bertz CT molecular complexity index is 690. The van der Waals surface area contributed by atoms with Crippen LogP contribution in [-0.4, -0.2) is 30.3 Å². The molecule has 26 heavy (non-hydrogen) atoms. The van der Waals surface area contributed by atoms with Crippen molar-refractivity contribution < 1.29 is 9.84 Å². The van der Waals surface area contributed by atoms with Crippen LogP contribution in [0.5, 0.6) is 11.5 Å². The number of para-hydroxylation sites is 1. The van der Waals surface area contributed by atoms with Gasteiger partial charge < -0.3 is 20.5 Å². The maximum absolute atomic E-state index is 9.33. The van der Waals surface area contributed by atoms with Gasteiger partial charge in [-0.2, -0.15) is 0 Å². The molecule has 3 N–H and O–H groups in total. The Kier molecular flexibility index (Phi) is 9.87. The molecule has 6 heteroatoms. The highest BCUT2D eigenvalue weighted by atomic mass is 127. The third-order valence-corrected chi connectivity index (χ3v) is 3.68. The number of phenolic OH excluding ortho intramolecular Hbond substituents is 1. The predicted molar refractivity (Wildman–Crippen MR) is 118 cm³/mol. The molecule has 2 rings (SSSR count). The van der Waals surface area contributed by atoms with Gasteiger partial charge in [0.15, 0.2) is 5.96 Å². The lowest BCUT2D eigenvalue weighted by Crippen LogP contribution is -2.41. The average Bonchev–Trinajstić information content (AvgIpc) is 2.61. The molecule has 1 unspecified atom stereocenters. The van der Waals surface area contributed by atoms with E-state index in [0.29, 0.717) is 13.1 Å². The molecule has 0 aliphatic carbocycles. The normalized spacial score (nSPS) is 12.0. The molecule has 0 saturated carbocycles. The van der Waals surface area contributed by atoms with E-state index in [9.17, 15) is 5.11 Å². The Morgan fingerprint density at radius 1 is 1.12 bits per heavy atom. The third kappa shape index (κ3) is 7.51. The lowest BCUT2D eigenvalue weighted by molar-refractivity contribution is 0.222. The minimum Gasteiger partial charge on any atom is -0.508 e. The monoisotopic (exact) mass is 469 g/mol. The third-order valence-electron chi connectivity index (χ3n) is 3.68. The maximum Gasteiger partial charge on any atom is 0.191 e. The Labute approximate surface area is 172 Å². The molecule has 5 nitrogen and oxygen atoms in total. The summed E-state index contributed by atoms with van der Waals surface area (Å²) in [6.07, 6.45) is 0.0126. The van der Waals surface area contributed by atoms with Gasteiger partial charge in [-0.3, -0.25) is 0 Å². The van der Waals surface area contributed by atoms with Crippen LogP contribution in [0.25, 0.3) is 0 Å². The summed E-state index contributed by atoms with van der Waals surface area (Å²) >= 11 is 0. The molecule has 0 aromatic heterocycles. The van der Waals surface area contributed by atoms with Crippen molar-refractivity contribution in [1.82, 2.24) is 10.6 Å². The highest BCUT2D eigenvalue weighted by Gasteiger charge is 2.07. The van der Waals surface area contributed by atoms with E-state index in [4.69, 9.17) is 4.74 Å². The average molecular weight is 469 g/mol. The zero-order valence-corrected chi connectivity index (χ0v) is 17.9. The van der Waals surface area contributed by atoms with Crippen molar-refractivity contribution in [3.05, 3.63) is 59.7 Å². The largest absolute Gasteiger partial charge is 0.508 e. The van der Waals surface area contributed by atoms with Crippen molar-refractivity contribution in [2.45, 2.75) is 33.4 Å². The number of ether oxygens (including phenoxy) is 1. The zero-order chi connectivity index (χ0) is 18.1. The molecular formula is C20H28IN3O2. The first-order chi connectivity index (χ1) is 12.1. The number of aliphatic imine (C=N–C) groups is 1. The van der Waals surface area contributed by atoms with Crippen LogP contribution in [0.1, 0.15) is 25.0 Å². The van der Waals surface area contributed by atoms with Crippen molar-refractivity contribution in [2.24, 2.45) is 4.99 Å². The minimum atomic E-state index is 0. The van der Waals surface area contributed by atoms with Gasteiger partial charge in [0.05, 0.1) is 13.1 Å². The fourth-order valence-electron chi connectivity index (χ4n) is 2.30. The summed E-state index contributed by atoms with van der Waals surface area (Å²) in [7, 11) is 0. The van der Waals surface area contributed by atoms with Crippen LogP contribution in [-0.2, 0) is 6.54 Å². The summed E-state index contributed by atoms with van der Waals surface area (Å²) in [6, 6.07) is 15.1. The van der Waals surface area contributed by atoms with Crippen molar-refractivity contribution in [3.63, 3.8) is 0 Å². The maximum atomic E-state index is 9.33. The first kappa shape index (κ1) is 22.1. The van der Waals surface area contributed by atoms with E-state index in [1.165, 1.54) is 0 Å². The van der Waals surface area contributed by atoms with E-state index < -0.39 is 0 Å². The number of nitrogens with zero attached hydrogens (tertiary/aromatic N) is 1. The lowest BCUT2D eigenvalue weighted by atomic mass is 10.2. The van der Waals surface area contributed by atoms with Crippen LogP contribution < -0.4 is 15.4 Å². The van der Waals surface area contributed by atoms with Crippen molar-refractivity contribution in [1.29, 1.82) is 0 Å². The van der Waals surface area contributed by atoms with Gasteiger partial charge in [0, 0.05) is 6.54 Å². The Hall–Kier alpha value is -1.96. The number of hydrogen-bond donors (Lipinski definition) is 3. The van der Waals surface area contributed by atoms with Crippen LogP contribution in [0, 0.1) is 6.92 Å². The van der Waals surface area contributed by atoms with Crippen LogP contribution in [0.3, 0.4) is 0 Å². The molecule has 0 saturated heterocycles. The van der Waals surface area contributed by atoms with Crippen LogP contribution in [0.4, 0.5) is 0 Å². The van der Waals surface area contributed by atoms with E-state index in [-0.39, 0.29) is 35.8 Å². The number of rotatable bonds is 7. The molecule has 2 aromatic carbocycles. The summed E-state index contributed by atoms with van der Waals surface area (Å²) < 4.78 is 5.98. The summed E-state index contributed by atoms with van der Waals surface area (Å²) in [5, 5.41) is 15.9. The number of nitrogens with one attached hydrogen (secondary N) is 2. The smallest absolute Gasteiger partial charge is 0.191 e. The molecule has 0 radical (unpaired) electrons. The standard InChI is InChI=1S/C20H27N3O2.HI/c1-4-21-20(23-14-17-9-11-18(24)12-10-17)22-13-16(3)25-19-8-6-5-7-15(19)2;/h5-12,16,24H,4,13-14H2,1-3H3,(H2,21,22,23);1H. The van der Waals surface area contributed by atoms with Crippen molar-refractivity contribution in [3.8, 4) is 11.5 Å². The van der Waals surface area contributed by atoms with Gasteiger partial charge >= 0.3 is 0 Å². The summed E-state index contributed by atoms with van der Waals surface area (Å²) in [5.74, 6) is 1.92. The first-order valence-corrected chi connectivity index (χ1v) is 8.61. The summed E-state index contributed by atoms with van der Waals surface area (Å²) in [5.41, 5.74) is 2.17. The van der Waals surface area contributed by atoms with Gasteiger partial charge in [-0.1, -0.05) is 30.3 Å². The van der Waals surface area contributed by atoms with E-state index in [1.54, 1.807) is 12.1 Å². The molecule has 0 fully saturated rings. The highest BCUT2D eigenvalue weighted by Crippen LogP contribution is 2.17. The van der Waals surface area contributed by atoms with Crippen molar-refractivity contribution in [2.75, 3.05) is 13.1 Å². The summed E-state index contributed by atoms with van der Waals surface area (Å²) in [6.45, 7) is 8.08. The molecule has 0 spiro atoms. The SMILES string of the molecule is CCNC(=NCc1ccc(O)cc1)NCC(C)Oc1ccccc1C.I. The number of aromatic hydroxyl groups is 1. The molecule has 0 aliphatic rings. The zero-order valence-electron chi connectivity index (χ0n) is 15.5. The molecule has 0 bridgehead atoms. The summed E-state index contributed by atoms with van der Waals surface area (Å²) in [4.78, 5) is 4.57. The van der Waals surface area contributed by atoms with Gasteiger partial charge in [-0.15, -0.1) is 24.0 Å². The van der Waals surface area contributed by atoms with Gasteiger partial charge in [-0.05, 0) is 50.1 Å². The topological polar surface area (TPSA) is 65.9 Å². The number of guanidine groups is 1.